The first-order valence-electron chi connectivity index (χ1n) is 7.63. The monoisotopic (exact) mass is 333 g/mol. The van der Waals surface area contributed by atoms with Crippen LogP contribution < -0.4 is 20.5 Å². The molecule has 0 atom stereocenters. The number of nitrogens with one attached hydrogen (secondary N) is 1. The van der Waals surface area contributed by atoms with Gasteiger partial charge in [0.2, 0.25) is 0 Å². The van der Waals surface area contributed by atoms with Gasteiger partial charge in [-0.05, 0) is 49.9 Å². The Bertz CT molecular complexity index is 668. The van der Waals surface area contributed by atoms with Gasteiger partial charge in [-0.15, -0.1) is 11.3 Å². The number of anilines is 1. The van der Waals surface area contributed by atoms with Crippen molar-refractivity contribution < 1.29 is 9.47 Å². The second kappa shape index (κ2) is 8.43. The molecule has 0 spiro atoms. The average molecular weight is 333 g/mol. The molecule has 0 aliphatic heterocycles. The van der Waals surface area contributed by atoms with E-state index in [4.69, 9.17) is 15.2 Å². The van der Waals surface area contributed by atoms with Crippen LogP contribution in [0.5, 0.6) is 11.5 Å². The van der Waals surface area contributed by atoms with Crippen molar-refractivity contribution in [2.75, 3.05) is 18.5 Å². The van der Waals surface area contributed by atoms with Crippen LogP contribution in [0.25, 0.3) is 0 Å². The van der Waals surface area contributed by atoms with Crippen LogP contribution in [0.4, 0.5) is 5.69 Å². The zero-order valence-electron chi connectivity index (χ0n) is 13.8. The molecule has 1 aromatic heterocycles. The summed E-state index contributed by atoms with van der Waals surface area (Å²) in [5.74, 6) is 1.84. The molecule has 1 aromatic carbocycles. The summed E-state index contributed by atoms with van der Waals surface area (Å²) < 4.78 is 11.1. The molecule has 0 bridgehead atoms. The van der Waals surface area contributed by atoms with E-state index in [1.165, 1.54) is 10.4 Å². The van der Waals surface area contributed by atoms with E-state index in [0.29, 0.717) is 25.7 Å². The Balaban J connectivity index is 2.12. The van der Waals surface area contributed by atoms with Gasteiger partial charge < -0.3 is 20.5 Å². The minimum absolute atomic E-state index is 0.354. The van der Waals surface area contributed by atoms with Crippen LogP contribution >= 0.6 is 11.3 Å². The summed E-state index contributed by atoms with van der Waals surface area (Å²) in [7, 11) is 0. The fourth-order valence-corrected chi connectivity index (χ4v) is 2.87. The molecule has 6 heteroatoms. The predicted octanol–water partition coefficient (Wildman–Crippen LogP) is 3.78. The number of thiophene rings is 1. The lowest BCUT2D eigenvalue weighted by molar-refractivity contribution is 0.332. The van der Waals surface area contributed by atoms with Crippen LogP contribution in [0.3, 0.4) is 0 Å². The van der Waals surface area contributed by atoms with E-state index >= 15 is 0 Å². The largest absolute Gasteiger partial charge is 0.494 e. The number of aliphatic imine (C=N–C) groups is 1. The van der Waals surface area contributed by atoms with Crippen molar-refractivity contribution in [2.24, 2.45) is 10.7 Å². The summed E-state index contributed by atoms with van der Waals surface area (Å²) in [6, 6.07) is 7.70. The Morgan fingerprint density at radius 1 is 1.22 bits per heavy atom. The summed E-state index contributed by atoms with van der Waals surface area (Å²) in [5, 5.41) is 5.16. The van der Waals surface area contributed by atoms with Crippen molar-refractivity contribution in [3.63, 3.8) is 0 Å². The predicted molar refractivity (Wildman–Crippen MR) is 96.8 cm³/mol. The lowest BCUT2D eigenvalue weighted by Crippen LogP contribution is -2.23. The quantitative estimate of drug-likeness (QED) is 0.597. The highest BCUT2D eigenvalue weighted by molar-refractivity contribution is 7.10. The minimum atomic E-state index is 0.354. The molecular formula is C17H23N3O2S. The third-order valence-electron chi connectivity index (χ3n) is 3.19. The van der Waals surface area contributed by atoms with Crippen LogP contribution in [0.15, 0.2) is 34.6 Å². The zero-order valence-corrected chi connectivity index (χ0v) is 14.6. The number of benzene rings is 1. The maximum atomic E-state index is 6.01. The van der Waals surface area contributed by atoms with Gasteiger partial charge in [0.1, 0.15) is 11.5 Å². The molecular weight excluding hydrogens is 310 g/mol. The molecule has 0 radical (unpaired) electrons. The molecule has 5 nitrogen and oxygen atoms in total. The number of ether oxygens (including phenoxy) is 2. The van der Waals surface area contributed by atoms with Crippen LogP contribution in [0, 0.1) is 6.92 Å². The van der Waals surface area contributed by atoms with E-state index in [2.05, 4.69) is 28.7 Å². The molecule has 124 valence electrons. The Labute approximate surface area is 141 Å². The average Bonchev–Trinajstić information content (AvgIpc) is 2.93. The molecule has 0 aliphatic carbocycles. The number of nitrogens with two attached hydrogens (primary N) is 1. The molecule has 0 aliphatic rings. The summed E-state index contributed by atoms with van der Waals surface area (Å²) in [5.41, 5.74) is 8.00. The number of hydrogen-bond donors (Lipinski definition) is 2. The Hall–Kier alpha value is -2.21. The second-order valence-electron chi connectivity index (χ2n) is 4.88. The third-order valence-corrected chi connectivity index (χ3v) is 4.19. The maximum Gasteiger partial charge on any atom is 0.193 e. The van der Waals surface area contributed by atoms with Gasteiger partial charge in [-0.2, -0.15) is 0 Å². The van der Waals surface area contributed by atoms with Gasteiger partial charge in [0.15, 0.2) is 5.96 Å². The van der Waals surface area contributed by atoms with E-state index in [-0.39, 0.29) is 0 Å². The highest BCUT2D eigenvalue weighted by Crippen LogP contribution is 2.29. The van der Waals surface area contributed by atoms with E-state index < -0.39 is 0 Å². The molecule has 0 fully saturated rings. The second-order valence-corrected chi connectivity index (χ2v) is 5.88. The summed E-state index contributed by atoms with van der Waals surface area (Å²) in [6.45, 7) is 7.71. The van der Waals surface area contributed by atoms with Gasteiger partial charge >= 0.3 is 0 Å². The SMILES string of the molecule is CCOc1ccc(OCC)c(NC(N)=NCc2sccc2C)c1. The van der Waals surface area contributed by atoms with Gasteiger partial charge in [0.25, 0.3) is 0 Å². The van der Waals surface area contributed by atoms with Crippen LogP contribution in [0.1, 0.15) is 24.3 Å². The van der Waals surface area contributed by atoms with E-state index in [1.807, 2.05) is 32.0 Å². The Morgan fingerprint density at radius 3 is 2.65 bits per heavy atom. The van der Waals surface area contributed by atoms with Gasteiger partial charge in [0, 0.05) is 10.9 Å². The fourth-order valence-electron chi connectivity index (χ4n) is 2.05. The van der Waals surface area contributed by atoms with Crippen LogP contribution in [0.2, 0.25) is 0 Å². The van der Waals surface area contributed by atoms with Crippen LogP contribution in [-0.4, -0.2) is 19.2 Å². The van der Waals surface area contributed by atoms with E-state index in [0.717, 1.165) is 17.2 Å². The number of hydrogen-bond acceptors (Lipinski definition) is 4. The number of guanidine groups is 1. The summed E-state index contributed by atoms with van der Waals surface area (Å²) >= 11 is 1.68. The Morgan fingerprint density at radius 2 is 2.00 bits per heavy atom. The van der Waals surface area contributed by atoms with Gasteiger partial charge in [-0.1, -0.05) is 0 Å². The fraction of sp³-hybridized carbons (Fsp3) is 0.353. The van der Waals surface area contributed by atoms with Crippen molar-refractivity contribution in [1.29, 1.82) is 0 Å². The topological polar surface area (TPSA) is 68.9 Å². The van der Waals surface area contributed by atoms with Gasteiger partial charge in [-0.25, -0.2) is 4.99 Å². The van der Waals surface area contributed by atoms with Crippen molar-refractivity contribution in [2.45, 2.75) is 27.3 Å². The lowest BCUT2D eigenvalue weighted by atomic mass is 10.2. The number of nitrogens with zero attached hydrogens (tertiary/aromatic N) is 1. The normalized spacial score (nSPS) is 11.3. The first kappa shape index (κ1) is 17.1. The first-order chi connectivity index (χ1) is 11.1. The summed E-state index contributed by atoms with van der Waals surface area (Å²) in [4.78, 5) is 5.61. The molecule has 3 N–H and O–H groups in total. The van der Waals surface area contributed by atoms with Gasteiger partial charge in [-0.3, -0.25) is 0 Å². The van der Waals surface area contributed by atoms with Crippen molar-refractivity contribution >= 4 is 23.0 Å². The maximum absolute atomic E-state index is 6.01. The smallest absolute Gasteiger partial charge is 0.193 e. The Kier molecular flexibility index (Phi) is 6.29. The molecule has 23 heavy (non-hydrogen) atoms. The first-order valence-corrected chi connectivity index (χ1v) is 8.51. The molecule has 0 amide bonds. The molecule has 0 unspecified atom stereocenters. The number of rotatable bonds is 7. The number of aryl methyl sites for hydroxylation is 1. The van der Waals surface area contributed by atoms with Crippen molar-refractivity contribution in [3.05, 3.63) is 40.1 Å². The highest BCUT2D eigenvalue weighted by atomic mass is 32.1. The van der Waals surface area contributed by atoms with Crippen LogP contribution in [-0.2, 0) is 6.54 Å². The van der Waals surface area contributed by atoms with Crippen molar-refractivity contribution in [1.82, 2.24) is 0 Å². The molecule has 0 saturated carbocycles. The van der Waals surface area contributed by atoms with E-state index in [1.54, 1.807) is 11.3 Å². The zero-order chi connectivity index (χ0) is 16.7. The standard InChI is InChI=1S/C17H23N3O2S/c1-4-21-13-6-7-15(22-5-2)14(10-13)20-17(18)19-11-16-12(3)8-9-23-16/h6-10H,4-5,11H2,1-3H3,(H3,18,19,20). The third kappa shape index (κ3) is 4.89. The van der Waals surface area contributed by atoms with Gasteiger partial charge in [0.05, 0.1) is 25.4 Å². The lowest BCUT2D eigenvalue weighted by Gasteiger charge is -2.14. The van der Waals surface area contributed by atoms with E-state index in [9.17, 15) is 0 Å². The molecule has 1 heterocycles. The summed E-state index contributed by atoms with van der Waals surface area (Å²) in [6.07, 6.45) is 0. The molecule has 0 saturated heterocycles. The minimum Gasteiger partial charge on any atom is -0.494 e. The van der Waals surface area contributed by atoms with Crippen molar-refractivity contribution in [3.8, 4) is 11.5 Å². The molecule has 2 aromatic rings. The molecule has 2 rings (SSSR count). The highest BCUT2D eigenvalue weighted by Gasteiger charge is 2.07.